The average Bonchev–Trinajstić information content (AvgIpc) is 3.73. The predicted octanol–water partition coefficient (Wildman–Crippen LogP) is 17.8. The summed E-state index contributed by atoms with van der Waals surface area (Å²) in [7, 11) is 0. The summed E-state index contributed by atoms with van der Waals surface area (Å²) in [5.74, 6) is 0. The molecule has 2 nitrogen and oxygen atoms in total. The SMILES string of the molecule is c1ccc(-c2ccccc2-c2ccccc2N(c2c(-c3ccccc3)cccc2-c2ccccc2)c2ccc3ccc4c(-n5c6ccccc6c6ccccc65)ccc5ccc2c3c54)cc1. The maximum absolute atomic E-state index is 2.57. The van der Waals surface area contributed by atoms with E-state index in [2.05, 4.69) is 264 Å². The van der Waals surface area contributed by atoms with Crippen molar-refractivity contribution in [3.05, 3.63) is 255 Å². The van der Waals surface area contributed by atoms with Crippen molar-refractivity contribution < 1.29 is 0 Å². The Hall–Kier alpha value is -8.72. The maximum Gasteiger partial charge on any atom is 0.0618 e. The molecule has 1 heterocycles. The lowest BCUT2D eigenvalue weighted by Gasteiger charge is -2.33. The highest BCUT2D eigenvalue weighted by Crippen LogP contribution is 2.53. The molecule has 308 valence electrons. The van der Waals surface area contributed by atoms with Crippen molar-refractivity contribution in [3.8, 4) is 50.2 Å². The fourth-order valence-electron chi connectivity index (χ4n) is 10.7. The summed E-state index contributed by atoms with van der Waals surface area (Å²) >= 11 is 0. The van der Waals surface area contributed by atoms with E-state index in [1.807, 2.05) is 0 Å². The zero-order valence-corrected chi connectivity index (χ0v) is 36.1. The molecule has 0 fully saturated rings. The monoisotopic (exact) mass is 838 g/mol. The second kappa shape index (κ2) is 15.5. The van der Waals surface area contributed by atoms with Crippen LogP contribution in [-0.4, -0.2) is 4.57 Å². The lowest BCUT2D eigenvalue weighted by molar-refractivity contribution is 1.20. The second-order valence-electron chi connectivity index (χ2n) is 17.2. The Kier molecular flexibility index (Phi) is 8.89. The first-order valence-electron chi connectivity index (χ1n) is 22.8. The van der Waals surface area contributed by atoms with Gasteiger partial charge in [-0.25, -0.2) is 0 Å². The van der Waals surface area contributed by atoms with Gasteiger partial charge in [0.15, 0.2) is 0 Å². The van der Waals surface area contributed by atoms with Crippen LogP contribution in [0.15, 0.2) is 255 Å². The normalized spacial score (nSPS) is 11.6. The van der Waals surface area contributed by atoms with Crippen molar-refractivity contribution in [1.82, 2.24) is 4.57 Å². The summed E-state index contributed by atoms with van der Waals surface area (Å²) in [4.78, 5) is 2.57. The molecule has 0 aliphatic heterocycles. The van der Waals surface area contributed by atoms with E-state index < -0.39 is 0 Å². The maximum atomic E-state index is 2.57. The molecule has 66 heavy (non-hydrogen) atoms. The van der Waals surface area contributed by atoms with E-state index in [1.165, 1.54) is 76.5 Å². The van der Waals surface area contributed by atoms with Gasteiger partial charge < -0.3 is 9.47 Å². The van der Waals surface area contributed by atoms with Crippen molar-refractivity contribution in [3.63, 3.8) is 0 Å². The molecule has 12 aromatic carbocycles. The van der Waals surface area contributed by atoms with Gasteiger partial charge in [-0.05, 0) is 79.7 Å². The fourth-order valence-corrected chi connectivity index (χ4v) is 10.7. The minimum atomic E-state index is 1.10. The molecule has 0 saturated carbocycles. The second-order valence-corrected chi connectivity index (χ2v) is 17.2. The average molecular weight is 839 g/mol. The molecule has 0 bridgehead atoms. The van der Waals surface area contributed by atoms with E-state index in [1.54, 1.807) is 0 Å². The van der Waals surface area contributed by atoms with Gasteiger partial charge in [-0.1, -0.05) is 224 Å². The minimum Gasteiger partial charge on any atom is -0.309 e. The number of hydrogen-bond acceptors (Lipinski definition) is 1. The number of anilines is 3. The van der Waals surface area contributed by atoms with Gasteiger partial charge in [0.1, 0.15) is 0 Å². The van der Waals surface area contributed by atoms with Crippen LogP contribution in [0.4, 0.5) is 17.1 Å². The van der Waals surface area contributed by atoms with Crippen LogP contribution in [-0.2, 0) is 0 Å². The van der Waals surface area contributed by atoms with Crippen molar-refractivity contribution in [2.45, 2.75) is 0 Å². The lowest BCUT2D eigenvalue weighted by atomic mass is 9.89. The fraction of sp³-hybridized carbons (Fsp3) is 0. The number of aromatic nitrogens is 1. The summed E-state index contributed by atoms with van der Waals surface area (Å²) < 4.78 is 2.46. The molecular weight excluding hydrogens is 797 g/mol. The summed E-state index contributed by atoms with van der Waals surface area (Å²) in [5.41, 5.74) is 16.3. The Morgan fingerprint density at radius 3 is 1.32 bits per heavy atom. The summed E-state index contributed by atoms with van der Waals surface area (Å²) in [6.07, 6.45) is 0. The predicted molar refractivity (Wildman–Crippen MR) is 281 cm³/mol. The summed E-state index contributed by atoms with van der Waals surface area (Å²) in [6, 6.07) is 93.4. The van der Waals surface area contributed by atoms with Crippen LogP contribution in [0.1, 0.15) is 0 Å². The van der Waals surface area contributed by atoms with E-state index in [4.69, 9.17) is 0 Å². The highest BCUT2D eigenvalue weighted by atomic mass is 15.2. The third-order valence-corrected chi connectivity index (χ3v) is 13.6. The first-order chi connectivity index (χ1) is 32.8. The highest BCUT2D eigenvalue weighted by Gasteiger charge is 2.27. The van der Waals surface area contributed by atoms with E-state index in [9.17, 15) is 0 Å². The first-order valence-corrected chi connectivity index (χ1v) is 22.8. The molecule has 0 radical (unpaired) electrons. The van der Waals surface area contributed by atoms with Gasteiger partial charge in [0, 0.05) is 38.2 Å². The largest absolute Gasteiger partial charge is 0.309 e. The molecule has 2 heteroatoms. The number of fused-ring (bicyclic) bond motifs is 3. The van der Waals surface area contributed by atoms with Crippen LogP contribution in [0.2, 0.25) is 0 Å². The molecule has 0 aliphatic rings. The van der Waals surface area contributed by atoms with E-state index >= 15 is 0 Å². The lowest BCUT2D eigenvalue weighted by Crippen LogP contribution is -2.14. The number of para-hydroxylation sites is 4. The van der Waals surface area contributed by atoms with Gasteiger partial charge in [0.25, 0.3) is 0 Å². The third-order valence-electron chi connectivity index (χ3n) is 13.6. The van der Waals surface area contributed by atoms with Gasteiger partial charge >= 0.3 is 0 Å². The number of hydrogen-bond donors (Lipinski definition) is 0. The molecule has 0 unspecified atom stereocenters. The van der Waals surface area contributed by atoms with Crippen LogP contribution >= 0.6 is 0 Å². The van der Waals surface area contributed by atoms with Gasteiger partial charge in [0.2, 0.25) is 0 Å². The summed E-state index contributed by atoms with van der Waals surface area (Å²) in [5, 5.41) is 9.91. The minimum absolute atomic E-state index is 1.10. The Morgan fingerprint density at radius 1 is 0.258 bits per heavy atom. The van der Waals surface area contributed by atoms with Gasteiger partial charge in [-0.15, -0.1) is 0 Å². The molecule has 0 saturated heterocycles. The number of benzene rings is 12. The topological polar surface area (TPSA) is 8.17 Å². The zero-order chi connectivity index (χ0) is 43.6. The van der Waals surface area contributed by atoms with Gasteiger partial charge in [0.05, 0.1) is 33.8 Å². The van der Waals surface area contributed by atoms with Gasteiger partial charge in [-0.2, -0.15) is 0 Å². The Bertz CT molecular complexity index is 3810. The highest BCUT2D eigenvalue weighted by molar-refractivity contribution is 6.28. The Labute approximate surface area is 383 Å². The van der Waals surface area contributed by atoms with Crippen molar-refractivity contribution in [2.24, 2.45) is 0 Å². The standard InChI is InChI=1S/C64H42N2/c1-4-19-43(20-5-1)48-25-10-11-26-51(48)52-27-12-17-34-59(52)66(64-49(44-21-6-2-7-22-44)30-18-31-50(64)45-23-8-3-9-24-45)61-42-38-47-35-39-55-60(41-37-46-36-40-56(61)63(47)62(46)55)65-57-32-15-13-28-53(57)54-29-14-16-33-58(54)65/h1-42H. The van der Waals surface area contributed by atoms with Crippen molar-refractivity contribution >= 4 is 71.2 Å². The molecule has 1 aromatic heterocycles. The number of nitrogens with zero attached hydrogens (tertiary/aromatic N) is 2. The van der Waals surface area contributed by atoms with Crippen molar-refractivity contribution in [2.75, 3.05) is 4.90 Å². The van der Waals surface area contributed by atoms with E-state index in [-0.39, 0.29) is 0 Å². The van der Waals surface area contributed by atoms with E-state index in [0.717, 1.165) is 44.9 Å². The van der Waals surface area contributed by atoms with Crippen LogP contribution in [0.25, 0.3) is 104 Å². The molecule has 0 amide bonds. The quantitative estimate of drug-likeness (QED) is 0.138. The summed E-state index contributed by atoms with van der Waals surface area (Å²) in [6.45, 7) is 0. The third kappa shape index (κ3) is 5.96. The smallest absolute Gasteiger partial charge is 0.0618 e. The van der Waals surface area contributed by atoms with Crippen LogP contribution in [0, 0.1) is 0 Å². The number of rotatable bonds is 8. The van der Waals surface area contributed by atoms with E-state index in [0.29, 0.717) is 0 Å². The molecule has 0 N–H and O–H groups in total. The Balaban J connectivity index is 1.15. The molecule has 13 aromatic rings. The van der Waals surface area contributed by atoms with Crippen LogP contribution in [0.3, 0.4) is 0 Å². The molecule has 0 spiro atoms. The zero-order valence-electron chi connectivity index (χ0n) is 36.1. The molecular formula is C64H42N2. The van der Waals surface area contributed by atoms with Crippen LogP contribution < -0.4 is 4.90 Å². The molecule has 13 rings (SSSR count). The van der Waals surface area contributed by atoms with Crippen molar-refractivity contribution in [1.29, 1.82) is 0 Å². The molecule has 0 atom stereocenters. The van der Waals surface area contributed by atoms with Gasteiger partial charge in [-0.3, -0.25) is 0 Å². The molecule has 0 aliphatic carbocycles. The van der Waals surface area contributed by atoms with Crippen LogP contribution in [0.5, 0.6) is 0 Å². The first kappa shape index (κ1) is 37.8. The Morgan fingerprint density at radius 2 is 0.697 bits per heavy atom.